The summed E-state index contributed by atoms with van der Waals surface area (Å²) in [5, 5.41) is 4.69. The number of nitrogens with zero attached hydrogens (tertiary/aromatic N) is 5. The minimum Gasteiger partial charge on any atom is -0.464 e. The van der Waals surface area contributed by atoms with Crippen LogP contribution in [0.5, 0.6) is 5.75 Å². The van der Waals surface area contributed by atoms with Crippen molar-refractivity contribution in [3.63, 3.8) is 0 Å². The largest absolute Gasteiger partial charge is 0.464 e. The number of amides is 1. The second-order valence-corrected chi connectivity index (χ2v) is 10.3. The third-order valence-corrected chi connectivity index (χ3v) is 6.24. The summed E-state index contributed by atoms with van der Waals surface area (Å²) in [5.74, 6) is -1.33. The Kier molecular flexibility index (Phi) is 6.94. The van der Waals surface area contributed by atoms with Crippen LogP contribution in [0.3, 0.4) is 0 Å². The van der Waals surface area contributed by atoms with Gasteiger partial charge in [-0.1, -0.05) is 6.08 Å². The number of ether oxygens (including phenoxy) is 3. The van der Waals surface area contributed by atoms with Gasteiger partial charge in [-0.05, 0) is 56.5 Å². The third kappa shape index (κ3) is 5.40. The zero-order chi connectivity index (χ0) is 27.9. The van der Waals surface area contributed by atoms with E-state index in [4.69, 9.17) is 14.2 Å². The number of rotatable bonds is 5. The molecule has 3 heterocycles. The fraction of sp³-hybridized carbons (Fsp3) is 0.357. The lowest BCUT2D eigenvalue weighted by molar-refractivity contribution is 0.0270. The van der Waals surface area contributed by atoms with E-state index in [1.165, 1.54) is 24.1 Å². The zero-order valence-electron chi connectivity index (χ0n) is 22.4. The van der Waals surface area contributed by atoms with E-state index in [2.05, 4.69) is 15.1 Å². The van der Waals surface area contributed by atoms with Gasteiger partial charge < -0.3 is 19.1 Å². The highest BCUT2D eigenvalue weighted by molar-refractivity contribution is 5.89. The topological polar surface area (TPSA) is 91.6 Å². The Balaban J connectivity index is 1.48. The molecule has 11 heteroatoms. The molecule has 5 rings (SSSR count). The van der Waals surface area contributed by atoms with Crippen LogP contribution >= 0.6 is 0 Å². The van der Waals surface area contributed by atoms with Crippen molar-refractivity contribution in [3.05, 3.63) is 53.9 Å². The number of methoxy groups -OCH3 is 1. The van der Waals surface area contributed by atoms with Gasteiger partial charge in [-0.3, -0.25) is 9.67 Å². The van der Waals surface area contributed by atoms with Gasteiger partial charge in [0.1, 0.15) is 16.6 Å². The molecule has 1 aliphatic heterocycles. The van der Waals surface area contributed by atoms with E-state index < -0.39 is 17.2 Å². The van der Waals surface area contributed by atoms with Crippen molar-refractivity contribution in [1.29, 1.82) is 0 Å². The van der Waals surface area contributed by atoms with Crippen molar-refractivity contribution in [3.8, 4) is 17.0 Å². The standard InChI is InChI=1S/C28H29F2N5O4/c1-28(2,3)39-27(36)35-8-6-16(7-9-35)17-11-20(29)25-21(12-17)31-13-22(32-25)19-10-18-14-34(4)33-24(18)23(30)26(19)38-15-37-5/h6,10-14H,7-9,15H2,1-5H3. The Morgan fingerprint density at radius 3 is 2.64 bits per heavy atom. The predicted molar refractivity (Wildman–Crippen MR) is 142 cm³/mol. The molecule has 0 unspecified atom stereocenters. The second-order valence-electron chi connectivity index (χ2n) is 10.3. The van der Waals surface area contributed by atoms with Gasteiger partial charge >= 0.3 is 6.09 Å². The molecule has 0 N–H and O–H groups in total. The summed E-state index contributed by atoms with van der Waals surface area (Å²) in [5.41, 5.74) is 2.09. The van der Waals surface area contributed by atoms with Gasteiger partial charge in [0.05, 0.1) is 17.4 Å². The lowest BCUT2D eigenvalue weighted by atomic mass is 9.98. The number of fused-ring (bicyclic) bond motifs is 2. The summed E-state index contributed by atoms with van der Waals surface area (Å²) in [6.45, 7) is 6.09. The average Bonchev–Trinajstić information content (AvgIpc) is 3.27. The molecule has 0 atom stereocenters. The molecule has 1 amide bonds. The van der Waals surface area contributed by atoms with Crippen LogP contribution in [0.4, 0.5) is 13.6 Å². The van der Waals surface area contributed by atoms with Crippen molar-refractivity contribution in [2.45, 2.75) is 32.8 Å². The van der Waals surface area contributed by atoms with E-state index >= 15 is 8.78 Å². The zero-order valence-corrected chi connectivity index (χ0v) is 22.4. The molecule has 9 nitrogen and oxygen atoms in total. The van der Waals surface area contributed by atoms with Crippen LogP contribution in [0, 0.1) is 11.6 Å². The monoisotopic (exact) mass is 537 g/mol. The first-order valence-corrected chi connectivity index (χ1v) is 12.5. The maximum Gasteiger partial charge on any atom is 0.410 e. The first kappa shape index (κ1) is 26.5. The molecule has 0 spiro atoms. The van der Waals surface area contributed by atoms with E-state index in [9.17, 15) is 4.79 Å². The molecule has 4 aromatic rings. The highest BCUT2D eigenvalue weighted by atomic mass is 19.1. The normalized spacial score (nSPS) is 14.1. The quantitative estimate of drug-likeness (QED) is 0.312. The fourth-order valence-corrected chi connectivity index (χ4v) is 4.49. The van der Waals surface area contributed by atoms with Crippen LogP contribution in [0.15, 0.2) is 36.7 Å². The molecule has 2 aromatic carbocycles. The summed E-state index contributed by atoms with van der Waals surface area (Å²) >= 11 is 0. The van der Waals surface area contributed by atoms with Crippen LogP contribution in [0.1, 0.15) is 32.8 Å². The molecule has 0 saturated carbocycles. The van der Waals surface area contributed by atoms with E-state index in [-0.39, 0.29) is 35.4 Å². The maximum absolute atomic E-state index is 15.4. The molecular formula is C28H29F2N5O4. The number of carbonyl (C=O) groups is 1. The van der Waals surface area contributed by atoms with E-state index in [0.717, 1.165) is 5.57 Å². The number of aromatic nitrogens is 4. The van der Waals surface area contributed by atoms with Gasteiger partial charge in [0.2, 0.25) is 0 Å². The Labute approximate surface area is 224 Å². The van der Waals surface area contributed by atoms with Gasteiger partial charge in [-0.25, -0.2) is 18.6 Å². The molecule has 2 aromatic heterocycles. The first-order chi connectivity index (χ1) is 18.5. The summed E-state index contributed by atoms with van der Waals surface area (Å²) < 4.78 is 48.2. The Morgan fingerprint density at radius 1 is 1.15 bits per heavy atom. The third-order valence-electron chi connectivity index (χ3n) is 6.24. The highest BCUT2D eigenvalue weighted by Gasteiger charge is 2.25. The number of hydrogen-bond acceptors (Lipinski definition) is 7. The molecule has 1 aliphatic rings. The Morgan fingerprint density at radius 2 is 1.95 bits per heavy atom. The lowest BCUT2D eigenvalue weighted by Gasteiger charge is -2.29. The number of benzene rings is 2. The minimum atomic E-state index is -0.664. The van der Waals surface area contributed by atoms with Crippen LogP contribution < -0.4 is 4.74 Å². The molecule has 0 aliphatic carbocycles. The highest BCUT2D eigenvalue weighted by Crippen LogP contribution is 2.37. The van der Waals surface area contributed by atoms with E-state index in [1.807, 2.05) is 26.8 Å². The van der Waals surface area contributed by atoms with Gasteiger partial charge in [-0.2, -0.15) is 5.10 Å². The summed E-state index contributed by atoms with van der Waals surface area (Å²) in [4.78, 5) is 22.9. The number of carbonyl (C=O) groups excluding carboxylic acids is 1. The summed E-state index contributed by atoms with van der Waals surface area (Å²) in [6, 6.07) is 4.85. The Bertz CT molecular complexity index is 1610. The fourth-order valence-electron chi connectivity index (χ4n) is 4.49. The van der Waals surface area contributed by atoms with Gasteiger partial charge in [-0.15, -0.1) is 0 Å². The predicted octanol–water partition coefficient (Wildman–Crippen LogP) is 5.47. The minimum absolute atomic E-state index is 0.0485. The van der Waals surface area contributed by atoms with Crippen molar-refractivity contribution < 1.29 is 27.8 Å². The SMILES string of the molecule is COCOc1c(-c2cnc3cc(C4=CCN(C(=O)OC(C)(C)C)CC4)cc(F)c3n2)cc2cn(C)nc2c1F. The molecule has 0 bridgehead atoms. The second kappa shape index (κ2) is 10.2. The molecule has 0 fully saturated rings. The van der Waals surface area contributed by atoms with Crippen molar-refractivity contribution in [1.82, 2.24) is 24.6 Å². The molecule has 0 saturated heterocycles. The van der Waals surface area contributed by atoms with Gasteiger partial charge in [0, 0.05) is 44.4 Å². The smallest absolute Gasteiger partial charge is 0.410 e. The van der Waals surface area contributed by atoms with Gasteiger partial charge in [0.25, 0.3) is 0 Å². The number of aryl methyl sites for hydroxylation is 1. The average molecular weight is 538 g/mol. The number of hydrogen-bond donors (Lipinski definition) is 0. The van der Waals surface area contributed by atoms with Crippen LogP contribution in [-0.4, -0.2) is 63.3 Å². The van der Waals surface area contributed by atoms with Crippen molar-refractivity contribution >= 4 is 33.6 Å². The van der Waals surface area contributed by atoms with E-state index in [1.54, 1.807) is 30.3 Å². The van der Waals surface area contributed by atoms with Gasteiger partial charge in [0.15, 0.2) is 24.2 Å². The number of halogens is 2. The van der Waals surface area contributed by atoms with E-state index in [0.29, 0.717) is 41.5 Å². The first-order valence-electron chi connectivity index (χ1n) is 12.5. The molecule has 204 valence electrons. The summed E-state index contributed by atoms with van der Waals surface area (Å²) in [7, 11) is 3.12. The lowest BCUT2D eigenvalue weighted by Crippen LogP contribution is -2.39. The maximum atomic E-state index is 15.4. The van der Waals surface area contributed by atoms with Crippen LogP contribution in [-0.2, 0) is 16.5 Å². The summed E-state index contributed by atoms with van der Waals surface area (Å²) in [6.07, 6.45) is 5.18. The van der Waals surface area contributed by atoms with Crippen LogP contribution in [0.2, 0.25) is 0 Å². The van der Waals surface area contributed by atoms with Crippen molar-refractivity contribution in [2.75, 3.05) is 27.0 Å². The Hall–Kier alpha value is -4.12. The van der Waals surface area contributed by atoms with Crippen molar-refractivity contribution in [2.24, 2.45) is 7.05 Å². The molecule has 0 radical (unpaired) electrons. The molecule has 39 heavy (non-hydrogen) atoms. The van der Waals surface area contributed by atoms with Crippen LogP contribution in [0.25, 0.3) is 38.8 Å². The molecular weight excluding hydrogens is 508 g/mol.